The molecule has 0 bridgehead atoms. The second-order valence-corrected chi connectivity index (χ2v) is 6.60. The van der Waals surface area contributed by atoms with Crippen LogP contribution >= 0.6 is 0 Å². The number of hydrogen-bond acceptors (Lipinski definition) is 8. The van der Waals surface area contributed by atoms with Crippen LogP contribution in [0, 0.1) is 6.92 Å². The van der Waals surface area contributed by atoms with E-state index in [4.69, 9.17) is 4.42 Å². The fourth-order valence-corrected chi connectivity index (χ4v) is 3.40. The van der Waals surface area contributed by atoms with E-state index in [1.165, 1.54) is 0 Å². The van der Waals surface area contributed by atoms with Gasteiger partial charge in [0.15, 0.2) is 22.6 Å². The maximum absolute atomic E-state index is 9.68. The molecular formula is C17H17N7O2. The molecule has 0 aliphatic heterocycles. The Hall–Kier alpha value is -3.07. The van der Waals surface area contributed by atoms with Gasteiger partial charge in [0.05, 0.1) is 18.0 Å². The summed E-state index contributed by atoms with van der Waals surface area (Å²) in [5.41, 5.74) is 3.49. The van der Waals surface area contributed by atoms with E-state index in [-0.39, 0.29) is 12.1 Å². The molecule has 2 atom stereocenters. The first-order chi connectivity index (χ1) is 12.7. The molecule has 4 aromatic rings. The van der Waals surface area contributed by atoms with Crippen molar-refractivity contribution in [3.8, 4) is 5.69 Å². The minimum atomic E-state index is -0.250. The molecule has 5 rings (SSSR count). The summed E-state index contributed by atoms with van der Waals surface area (Å²) < 4.78 is 7.26. The van der Waals surface area contributed by atoms with Crippen LogP contribution in [0.2, 0.25) is 0 Å². The van der Waals surface area contributed by atoms with Crippen molar-refractivity contribution in [2.24, 2.45) is 0 Å². The molecule has 9 heteroatoms. The number of aromatic nitrogens is 6. The van der Waals surface area contributed by atoms with Gasteiger partial charge in [-0.05, 0) is 31.4 Å². The summed E-state index contributed by atoms with van der Waals surface area (Å²) in [4.78, 5) is 13.2. The predicted octanol–water partition coefficient (Wildman–Crippen LogP) is 1.99. The highest BCUT2D eigenvalue weighted by Crippen LogP contribution is 2.24. The third kappa shape index (κ3) is 2.57. The number of anilines is 1. The van der Waals surface area contributed by atoms with Gasteiger partial charge in [-0.3, -0.25) is 0 Å². The Morgan fingerprint density at radius 2 is 2.15 bits per heavy atom. The van der Waals surface area contributed by atoms with Gasteiger partial charge in [0.25, 0.3) is 0 Å². The van der Waals surface area contributed by atoms with Gasteiger partial charge in [0.2, 0.25) is 5.95 Å². The summed E-state index contributed by atoms with van der Waals surface area (Å²) in [6, 6.07) is 5.84. The average Bonchev–Trinajstić information content (AvgIpc) is 3.31. The van der Waals surface area contributed by atoms with Gasteiger partial charge < -0.3 is 14.8 Å². The van der Waals surface area contributed by atoms with E-state index in [2.05, 4.69) is 30.6 Å². The molecule has 1 fully saturated rings. The summed E-state index contributed by atoms with van der Waals surface area (Å²) in [6.07, 6.45) is 3.81. The number of benzene rings is 1. The molecule has 9 nitrogen and oxygen atoms in total. The lowest BCUT2D eigenvalue weighted by Crippen LogP contribution is -2.18. The van der Waals surface area contributed by atoms with Crippen LogP contribution in [0.15, 0.2) is 28.8 Å². The molecule has 132 valence electrons. The lowest BCUT2D eigenvalue weighted by atomic mass is 10.2. The van der Waals surface area contributed by atoms with Crippen LogP contribution in [0.4, 0.5) is 5.95 Å². The summed E-state index contributed by atoms with van der Waals surface area (Å²) in [5, 5.41) is 21.3. The fourth-order valence-electron chi connectivity index (χ4n) is 3.40. The lowest BCUT2D eigenvalue weighted by molar-refractivity contribution is 0.182. The molecule has 0 unspecified atom stereocenters. The third-order valence-corrected chi connectivity index (χ3v) is 4.65. The highest BCUT2D eigenvalue weighted by Gasteiger charge is 2.23. The largest absolute Gasteiger partial charge is 0.441 e. The van der Waals surface area contributed by atoms with E-state index in [9.17, 15) is 5.11 Å². The van der Waals surface area contributed by atoms with Gasteiger partial charge in [-0.15, -0.1) is 5.10 Å². The Kier molecular flexibility index (Phi) is 3.35. The second-order valence-electron chi connectivity index (χ2n) is 6.60. The number of nitrogens with zero attached hydrogens (tertiary/aromatic N) is 6. The molecule has 1 aliphatic rings. The van der Waals surface area contributed by atoms with E-state index < -0.39 is 0 Å². The van der Waals surface area contributed by atoms with Gasteiger partial charge in [-0.2, -0.15) is 9.67 Å². The Morgan fingerprint density at radius 3 is 3.00 bits per heavy atom. The first-order valence-corrected chi connectivity index (χ1v) is 8.56. The molecule has 26 heavy (non-hydrogen) atoms. The maximum Gasteiger partial charge on any atom is 0.225 e. The third-order valence-electron chi connectivity index (χ3n) is 4.65. The van der Waals surface area contributed by atoms with Gasteiger partial charge in [0, 0.05) is 19.0 Å². The predicted molar refractivity (Wildman–Crippen MR) is 94.0 cm³/mol. The zero-order valence-corrected chi connectivity index (χ0v) is 14.1. The SMILES string of the molecule is Cc1nc2ccc(-n3nnc4cnc(N[C@@H]5CC[C@@H](O)C5)nc43)cc2o1. The number of fused-ring (bicyclic) bond motifs is 2. The molecule has 0 radical (unpaired) electrons. The summed E-state index contributed by atoms with van der Waals surface area (Å²) in [7, 11) is 0. The van der Waals surface area contributed by atoms with E-state index in [0.717, 1.165) is 24.0 Å². The van der Waals surface area contributed by atoms with Gasteiger partial charge >= 0.3 is 0 Å². The van der Waals surface area contributed by atoms with Gasteiger partial charge in [-0.1, -0.05) is 5.21 Å². The first-order valence-electron chi connectivity index (χ1n) is 8.56. The smallest absolute Gasteiger partial charge is 0.225 e. The number of rotatable bonds is 3. The van der Waals surface area contributed by atoms with Crippen LogP contribution in [0.1, 0.15) is 25.2 Å². The minimum absolute atomic E-state index is 0.181. The highest BCUT2D eigenvalue weighted by molar-refractivity contribution is 5.77. The average molecular weight is 351 g/mol. The lowest BCUT2D eigenvalue weighted by Gasteiger charge is -2.11. The van der Waals surface area contributed by atoms with Crippen molar-refractivity contribution >= 4 is 28.2 Å². The molecule has 2 N–H and O–H groups in total. The topological polar surface area (TPSA) is 115 Å². The van der Waals surface area contributed by atoms with Crippen LogP contribution in [0.25, 0.3) is 28.0 Å². The summed E-state index contributed by atoms with van der Waals surface area (Å²) >= 11 is 0. The molecular weight excluding hydrogens is 334 g/mol. The van der Waals surface area contributed by atoms with E-state index >= 15 is 0 Å². The second kappa shape index (κ2) is 5.73. The van der Waals surface area contributed by atoms with Crippen molar-refractivity contribution in [1.82, 2.24) is 29.9 Å². The fraction of sp³-hybridized carbons (Fsp3) is 0.353. The molecule has 0 spiro atoms. The molecule has 1 saturated carbocycles. The Bertz CT molecular complexity index is 1100. The number of aryl methyl sites for hydroxylation is 1. The van der Waals surface area contributed by atoms with Crippen LogP contribution in [-0.4, -0.2) is 47.2 Å². The van der Waals surface area contributed by atoms with Crippen molar-refractivity contribution < 1.29 is 9.52 Å². The zero-order chi connectivity index (χ0) is 17.7. The van der Waals surface area contributed by atoms with Crippen LogP contribution in [0.5, 0.6) is 0 Å². The molecule has 3 aromatic heterocycles. The number of aliphatic hydroxyl groups excluding tert-OH is 1. The van der Waals surface area contributed by atoms with Crippen molar-refractivity contribution in [3.05, 3.63) is 30.3 Å². The quantitative estimate of drug-likeness (QED) is 0.576. The number of oxazole rings is 1. The van der Waals surface area contributed by atoms with Crippen molar-refractivity contribution in [1.29, 1.82) is 0 Å². The molecule has 1 aliphatic carbocycles. The van der Waals surface area contributed by atoms with Crippen LogP contribution in [-0.2, 0) is 0 Å². The van der Waals surface area contributed by atoms with Crippen molar-refractivity contribution in [2.75, 3.05) is 5.32 Å². The summed E-state index contributed by atoms with van der Waals surface area (Å²) in [5.74, 6) is 1.13. The Morgan fingerprint density at radius 1 is 1.23 bits per heavy atom. The number of hydrogen-bond donors (Lipinski definition) is 2. The Labute approximate surface area is 148 Å². The Balaban J connectivity index is 1.53. The molecule has 0 saturated heterocycles. The molecule has 1 aromatic carbocycles. The standard InChI is InChI=1S/C17H17N7O2/c1-9-19-13-5-3-11(7-15(13)26-9)24-16-14(22-23-24)8-18-17(21-16)20-10-2-4-12(25)6-10/h3,5,7-8,10,12,25H,2,4,6H2,1H3,(H,18,20,21)/t10-,12-/m1/s1. The van der Waals surface area contributed by atoms with Crippen molar-refractivity contribution in [3.63, 3.8) is 0 Å². The number of nitrogens with one attached hydrogen (secondary N) is 1. The monoisotopic (exact) mass is 351 g/mol. The zero-order valence-electron chi connectivity index (χ0n) is 14.1. The summed E-state index contributed by atoms with van der Waals surface area (Å²) in [6.45, 7) is 1.82. The van der Waals surface area contributed by atoms with E-state index in [1.807, 2.05) is 25.1 Å². The van der Waals surface area contributed by atoms with E-state index in [1.54, 1.807) is 10.9 Å². The first kappa shape index (κ1) is 15.2. The number of aliphatic hydroxyl groups is 1. The van der Waals surface area contributed by atoms with Crippen molar-refractivity contribution in [2.45, 2.75) is 38.3 Å². The van der Waals surface area contributed by atoms with Gasteiger partial charge in [-0.25, -0.2) is 9.97 Å². The van der Waals surface area contributed by atoms with Gasteiger partial charge in [0.1, 0.15) is 5.52 Å². The van der Waals surface area contributed by atoms with Crippen LogP contribution in [0.3, 0.4) is 0 Å². The minimum Gasteiger partial charge on any atom is -0.441 e. The van der Waals surface area contributed by atoms with Crippen LogP contribution < -0.4 is 5.32 Å². The molecule has 0 amide bonds. The maximum atomic E-state index is 9.68. The van der Waals surface area contributed by atoms with E-state index in [0.29, 0.717) is 35.0 Å². The normalized spacial score (nSPS) is 20.2. The highest BCUT2D eigenvalue weighted by atomic mass is 16.3. The molecule has 3 heterocycles.